The smallest absolute Gasteiger partial charge is 0.0748 e. The fourth-order valence-corrected chi connectivity index (χ4v) is 1.57. The molecule has 0 spiro atoms. The highest BCUT2D eigenvalue weighted by molar-refractivity contribution is 6.30. The molecule has 0 aliphatic carbocycles. The van der Waals surface area contributed by atoms with E-state index in [-0.39, 0.29) is 0 Å². The van der Waals surface area contributed by atoms with Crippen molar-refractivity contribution in [1.29, 1.82) is 0 Å². The molecule has 0 aliphatic rings. The minimum atomic E-state index is 0.697. The summed E-state index contributed by atoms with van der Waals surface area (Å²) in [5.41, 5.74) is 1.87. The third-order valence-corrected chi connectivity index (χ3v) is 2.34. The average Bonchev–Trinajstić information content (AvgIpc) is 2.67. The molecule has 4 heteroatoms. The fraction of sp³-hybridized carbons (Fsp3) is 0.273. The van der Waals surface area contributed by atoms with Crippen LogP contribution in [0.25, 0.3) is 11.3 Å². The third kappa shape index (κ3) is 2.36. The van der Waals surface area contributed by atoms with Crippen LogP contribution >= 0.6 is 11.6 Å². The van der Waals surface area contributed by atoms with E-state index in [4.69, 9.17) is 11.6 Å². The van der Waals surface area contributed by atoms with Crippen molar-refractivity contribution in [3.63, 3.8) is 0 Å². The van der Waals surface area contributed by atoms with Gasteiger partial charge in [0, 0.05) is 29.5 Å². The van der Waals surface area contributed by atoms with Crippen LogP contribution in [0.3, 0.4) is 0 Å². The van der Waals surface area contributed by atoms with E-state index in [1.807, 2.05) is 23.1 Å². The maximum absolute atomic E-state index is 5.90. The van der Waals surface area contributed by atoms with Crippen molar-refractivity contribution in [2.24, 2.45) is 0 Å². The van der Waals surface area contributed by atoms with Gasteiger partial charge in [0.2, 0.25) is 0 Å². The van der Waals surface area contributed by atoms with Gasteiger partial charge in [-0.25, -0.2) is 0 Å². The van der Waals surface area contributed by atoms with E-state index in [1.165, 1.54) is 0 Å². The van der Waals surface area contributed by atoms with Gasteiger partial charge < -0.3 is 0 Å². The summed E-state index contributed by atoms with van der Waals surface area (Å²) >= 11 is 5.90. The molecule has 78 valence electrons. The standard InChI is InChI=1S/C11H12ClN3/c1-2-5-15-8-9(7-14-15)11-6-10(12)3-4-13-11/h3-4,6-8H,2,5H2,1H3. The Labute approximate surface area is 93.7 Å². The molecule has 0 aliphatic heterocycles. The third-order valence-electron chi connectivity index (χ3n) is 2.10. The van der Waals surface area contributed by atoms with Gasteiger partial charge in [-0.05, 0) is 18.6 Å². The zero-order valence-corrected chi connectivity index (χ0v) is 9.28. The maximum atomic E-state index is 5.90. The highest BCUT2D eigenvalue weighted by atomic mass is 35.5. The van der Waals surface area contributed by atoms with Crippen LogP contribution in [0.1, 0.15) is 13.3 Å². The Morgan fingerprint density at radius 2 is 2.33 bits per heavy atom. The number of pyridine rings is 1. The van der Waals surface area contributed by atoms with Crippen molar-refractivity contribution in [2.45, 2.75) is 19.9 Å². The van der Waals surface area contributed by atoms with E-state index < -0.39 is 0 Å². The Morgan fingerprint density at radius 1 is 1.47 bits per heavy atom. The van der Waals surface area contributed by atoms with E-state index >= 15 is 0 Å². The Hall–Kier alpha value is -1.35. The van der Waals surface area contributed by atoms with Crippen molar-refractivity contribution >= 4 is 11.6 Å². The van der Waals surface area contributed by atoms with Crippen LogP contribution in [0.2, 0.25) is 5.02 Å². The normalized spacial score (nSPS) is 10.5. The van der Waals surface area contributed by atoms with Gasteiger partial charge in [-0.1, -0.05) is 18.5 Å². The fourth-order valence-electron chi connectivity index (χ4n) is 1.41. The Bertz CT molecular complexity index is 451. The molecule has 0 saturated heterocycles. The zero-order chi connectivity index (χ0) is 10.7. The van der Waals surface area contributed by atoms with Gasteiger partial charge in [-0.3, -0.25) is 9.67 Å². The molecule has 0 unspecified atom stereocenters. The quantitative estimate of drug-likeness (QED) is 0.798. The van der Waals surface area contributed by atoms with Crippen molar-refractivity contribution in [3.8, 4) is 11.3 Å². The second-order valence-electron chi connectivity index (χ2n) is 3.35. The van der Waals surface area contributed by atoms with Gasteiger partial charge in [0.1, 0.15) is 0 Å². The first-order chi connectivity index (χ1) is 7.29. The van der Waals surface area contributed by atoms with Crippen molar-refractivity contribution in [1.82, 2.24) is 14.8 Å². The maximum Gasteiger partial charge on any atom is 0.0748 e. The highest BCUT2D eigenvalue weighted by Gasteiger charge is 2.02. The van der Waals surface area contributed by atoms with Crippen molar-refractivity contribution in [3.05, 3.63) is 35.7 Å². The van der Waals surface area contributed by atoms with Crippen molar-refractivity contribution < 1.29 is 0 Å². The molecular formula is C11H12ClN3. The SMILES string of the molecule is CCCn1cc(-c2cc(Cl)ccn2)cn1. The van der Waals surface area contributed by atoms with Gasteiger partial charge in [0.05, 0.1) is 11.9 Å². The zero-order valence-electron chi connectivity index (χ0n) is 8.52. The molecule has 0 fully saturated rings. The van der Waals surface area contributed by atoms with E-state index in [2.05, 4.69) is 17.0 Å². The first-order valence-corrected chi connectivity index (χ1v) is 5.32. The molecule has 2 rings (SSSR count). The molecule has 0 bridgehead atoms. The van der Waals surface area contributed by atoms with E-state index in [9.17, 15) is 0 Å². The van der Waals surface area contributed by atoms with E-state index in [1.54, 1.807) is 12.3 Å². The molecule has 0 radical (unpaired) electrons. The molecule has 2 aromatic rings. The summed E-state index contributed by atoms with van der Waals surface area (Å²) in [6.07, 6.45) is 6.58. The van der Waals surface area contributed by atoms with Crippen LogP contribution in [-0.4, -0.2) is 14.8 Å². The highest BCUT2D eigenvalue weighted by Crippen LogP contribution is 2.19. The number of nitrogens with zero attached hydrogens (tertiary/aromatic N) is 3. The summed E-state index contributed by atoms with van der Waals surface area (Å²) in [7, 11) is 0. The molecule has 15 heavy (non-hydrogen) atoms. The molecule has 0 atom stereocenters. The van der Waals surface area contributed by atoms with E-state index in [0.29, 0.717) is 5.02 Å². The van der Waals surface area contributed by atoms with Crippen LogP contribution in [-0.2, 0) is 6.54 Å². The topological polar surface area (TPSA) is 30.7 Å². The first-order valence-electron chi connectivity index (χ1n) is 4.94. The van der Waals surface area contributed by atoms with Crippen LogP contribution in [0.4, 0.5) is 0 Å². The van der Waals surface area contributed by atoms with Gasteiger partial charge in [-0.15, -0.1) is 0 Å². The summed E-state index contributed by atoms with van der Waals surface area (Å²) in [6.45, 7) is 3.06. The molecule has 0 amide bonds. The molecule has 0 saturated carbocycles. The van der Waals surface area contributed by atoms with Crippen LogP contribution in [0.5, 0.6) is 0 Å². The lowest BCUT2D eigenvalue weighted by atomic mass is 10.2. The van der Waals surface area contributed by atoms with Gasteiger partial charge >= 0.3 is 0 Å². The van der Waals surface area contributed by atoms with E-state index in [0.717, 1.165) is 24.2 Å². The summed E-state index contributed by atoms with van der Waals surface area (Å²) in [6, 6.07) is 3.61. The number of aromatic nitrogens is 3. The number of halogens is 1. The molecule has 2 heterocycles. The predicted molar refractivity (Wildman–Crippen MR) is 60.8 cm³/mol. The second kappa shape index (κ2) is 4.45. The molecular weight excluding hydrogens is 210 g/mol. The van der Waals surface area contributed by atoms with Crippen LogP contribution in [0, 0.1) is 0 Å². The number of hydrogen-bond acceptors (Lipinski definition) is 2. The summed E-state index contributed by atoms with van der Waals surface area (Å²) < 4.78 is 1.91. The Kier molecular flexibility index (Phi) is 3.02. The van der Waals surface area contributed by atoms with Gasteiger partial charge in [0.15, 0.2) is 0 Å². The summed E-state index contributed by atoms with van der Waals surface area (Å²) in [5, 5.41) is 4.94. The lowest BCUT2D eigenvalue weighted by molar-refractivity contribution is 0.603. The van der Waals surface area contributed by atoms with Gasteiger partial charge in [-0.2, -0.15) is 5.10 Å². The van der Waals surface area contributed by atoms with Crippen molar-refractivity contribution in [2.75, 3.05) is 0 Å². The van der Waals surface area contributed by atoms with Crippen LogP contribution < -0.4 is 0 Å². The first kappa shape index (κ1) is 10.2. The predicted octanol–water partition coefficient (Wildman–Crippen LogP) is 3.01. The van der Waals surface area contributed by atoms with Gasteiger partial charge in [0.25, 0.3) is 0 Å². The minimum absolute atomic E-state index is 0.697. The monoisotopic (exact) mass is 221 g/mol. The lowest BCUT2D eigenvalue weighted by Gasteiger charge is -1.97. The minimum Gasteiger partial charge on any atom is -0.272 e. The largest absolute Gasteiger partial charge is 0.272 e. The molecule has 3 nitrogen and oxygen atoms in total. The average molecular weight is 222 g/mol. The molecule has 0 aromatic carbocycles. The molecule has 2 aromatic heterocycles. The Balaban J connectivity index is 2.29. The number of rotatable bonds is 3. The lowest BCUT2D eigenvalue weighted by Crippen LogP contribution is -1.95. The number of hydrogen-bond donors (Lipinski definition) is 0. The molecule has 0 N–H and O–H groups in total. The van der Waals surface area contributed by atoms with Crippen LogP contribution in [0.15, 0.2) is 30.7 Å². The second-order valence-corrected chi connectivity index (χ2v) is 3.79. The summed E-state index contributed by atoms with van der Waals surface area (Å²) in [5.74, 6) is 0. The Morgan fingerprint density at radius 3 is 3.07 bits per heavy atom. The summed E-state index contributed by atoms with van der Waals surface area (Å²) in [4.78, 5) is 4.25. The number of aryl methyl sites for hydroxylation is 1.